The number of fused-ring (bicyclic) bond motifs is 1. The summed E-state index contributed by atoms with van der Waals surface area (Å²) in [6, 6.07) is 12.1. The average molecular weight is 606 g/mol. The molecule has 0 bridgehead atoms. The summed E-state index contributed by atoms with van der Waals surface area (Å²) in [6.07, 6.45) is 1.70. The zero-order valence-electron chi connectivity index (χ0n) is 18.5. The number of pyridine rings is 1. The molecule has 1 amide bonds. The Balaban J connectivity index is 1.88. The van der Waals surface area contributed by atoms with E-state index in [2.05, 4.69) is 37.9 Å². The van der Waals surface area contributed by atoms with Gasteiger partial charge in [0.1, 0.15) is 17.3 Å². The molecule has 178 valence electrons. The second-order valence-electron chi connectivity index (χ2n) is 7.71. The zero-order valence-corrected chi connectivity index (χ0v) is 21.6. The van der Waals surface area contributed by atoms with Gasteiger partial charge in [-0.3, -0.25) is 14.3 Å². The number of hydrogen-bond acceptors (Lipinski definition) is 5. The van der Waals surface area contributed by atoms with Crippen LogP contribution in [-0.2, 0) is 15.6 Å². The first-order valence-electron chi connectivity index (χ1n) is 10.2. The summed E-state index contributed by atoms with van der Waals surface area (Å²) < 4.78 is 48.9. The van der Waals surface area contributed by atoms with Crippen molar-refractivity contribution in [2.75, 3.05) is 7.11 Å². The fraction of sp³-hybridized carbons (Fsp3) is 0.125. The van der Waals surface area contributed by atoms with E-state index in [4.69, 9.17) is 4.52 Å². The Kier molecular flexibility index (Phi) is 7.03. The van der Waals surface area contributed by atoms with Crippen LogP contribution in [0.3, 0.4) is 0 Å². The SMILES string of the molecule is COP(=O)(c1cc(C)cc(C#N)c1)c1c(C(=O)NCc2c(F)cncc2F)[nH]c2ccc(I)cc12. The molecule has 0 radical (unpaired) electrons. The van der Waals surface area contributed by atoms with Gasteiger partial charge in [0, 0.05) is 39.0 Å². The van der Waals surface area contributed by atoms with E-state index in [1.54, 1.807) is 31.2 Å². The largest absolute Gasteiger partial charge is 0.350 e. The van der Waals surface area contributed by atoms with Crippen LogP contribution in [0.15, 0.2) is 48.8 Å². The normalized spacial score (nSPS) is 12.8. The van der Waals surface area contributed by atoms with Gasteiger partial charge >= 0.3 is 0 Å². The van der Waals surface area contributed by atoms with Crippen LogP contribution in [0, 0.1) is 33.5 Å². The molecule has 0 aliphatic carbocycles. The lowest BCUT2D eigenvalue weighted by Gasteiger charge is -2.19. The summed E-state index contributed by atoms with van der Waals surface area (Å²) in [5.74, 6) is -2.53. The third kappa shape index (κ3) is 4.72. The number of rotatable bonds is 6. The number of nitrogens with one attached hydrogen (secondary N) is 2. The first kappa shape index (κ1) is 25.0. The Morgan fingerprint density at radius 1 is 1.23 bits per heavy atom. The van der Waals surface area contributed by atoms with Gasteiger partial charge in [-0.2, -0.15) is 5.26 Å². The number of amides is 1. The van der Waals surface area contributed by atoms with Crippen molar-refractivity contribution < 1.29 is 22.7 Å². The van der Waals surface area contributed by atoms with Crippen LogP contribution in [0.5, 0.6) is 0 Å². The molecule has 4 aromatic rings. The maximum atomic E-state index is 14.4. The van der Waals surface area contributed by atoms with E-state index in [0.29, 0.717) is 22.0 Å². The van der Waals surface area contributed by atoms with Crippen LogP contribution in [0.1, 0.15) is 27.2 Å². The van der Waals surface area contributed by atoms with Gasteiger partial charge in [-0.15, -0.1) is 0 Å². The van der Waals surface area contributed by atoms with Crippen molar-refractivity contribution in [3.8, 4) is 6.07 Å². The highest BCUT2D eigenvalue weighted by atomic mass is 127. The molecule has 0 spiro atoms. The summed E-state index contributed by atoms with van der Waals surface area (Å²) in [4.78, 5) is 19.7. The van der Waals surface area contributed by atoms with Gasteiger partial charge in [-0.1, -0.05) is 0 Å². The highest BCUT2D eigenvalue weighted by Crippen LogP contribution is 2.47. The third-order valence-corrected chi connectivity index (χ3v) is 8.60. The highest BCUT2D eigenvalue weighted by molar-refractivity contribution is 14.1. The number of hydrogen-bond donors (Lipinski definition) is 2. The minimum Gasteiger partial charge on any atom is -0.350 e. The molecule has 2 heterocycles. The molecule has 4 rings (SSSR count). The standard InChI is InChI=1S/C24H18F2IN4O3P/c1-13-5-14(9-28)7-16(6-13)35(33,34-2)23-17-8-15(27)3-4-21(17)31-22(23)24(32)30-10-18-19(25)11-29-12-20(18)26/h3-8,11-12,31H,10H2,1-2H3,(H,30,32). The molecular weight excluding hydrogens is 588 g/mol. The Labute approximate surface area is 213 Å². The van der Waals surface area contributed by atoms with Crippen molar-refractivity contribution in [3.63, 3.8) is 0 Å². The zero-order chi connectivity index (χ0) is 25.3. The van der Waals surface area contributed by atoms with Gasteiger partial charge in [-0.25, -0.2) is 8.78 Å². The summed E-state index contributed by atoms with van der Waals surface area (Å²) in [6.45, 7) is 1.31. The quantitative estimate of drug-likeness (QED) is 0.250. The molecule has 0 fully saturated rings. The Morgan fingerprint density at radius 2 is 1.94 bits per heavy atom. The lowest BCUT2D eigenvalue weighted by Crippen LogP contribution is -2.30. The number of aromatic amines is 1. The lowest BCUT2D eigenvalue weighted by atomic mass is 10.2. The summed E-state index contributed by atoms with van der Waals surface area (Å²) in [5.41, 5.74) is 1.09. The topological polar surface area (TPSA) is 108 Å². The molecular formula is C24H18F2IN4O3P. The summed E-state index contributed by atoms with van der Waals surface area (Å²) in [7, 11) is -2.63. The number of halogens is 3. The third-order valence-electron chi connectivity index (χ3n) is 5.42. The highest BCUT2D eigenvalue weighted by Gasteiger charge is 2.36. The number of carbonyl (C=O) groups is 1. The fourth-order valence-electron chi connectivity index (χ4n) is 3.81. The second kappa shape index (κ2) is 9.85. The molecule has 2 aromatic carbocycles. The number of benzene rings is 2. The summed E-state index contributed by atoms with van der Waals surface area (Å²) >= 11 is 2.10. The predicted molar refractivity (Wildman–Crippen MR) is 136 cm³/mol. The maximum Gasteiger partial charge on any atom is 0.268 e. The van der Waals surface area contributed by atoms with E-state index in [9.17, 15) is 23.4 Å². The fourth-order valence-corrected chi connectivity index (χ4v) is 6.59. The molecule has 11 heteroatoms. The molecule has 0 aliphatic heterocycles. The number of H-pyrrole nitrogens is 1. The number of carbonyl (C=O) groups excluding carboxylic acids is 1. The molecule has 1 unspecified atom stereocenters. The monoisotopic (exact) mass is 606 g/mol. The molecule has 1 atom stereocenters. The lowest BCUT2D eigenvalue weighted by molar-refractivity contribution is 0.0947. The molecule has 2 N–H and O–H groups in total. The first-order chi connectivity index (χ1) is 16.7. The van der Waals surface area contributed by atoms with Crippen LogP contribution in [0.4, 0.5) is 8.78 Å². The second-order valence-corrected chi connectivity index (χ2v) is 11.4. The van der Waals surface area contributed by atoms with Crippen LogP contribution in [-0.4, -0.2) is 23.0 Å². The molecule has 0 saturated heterocycles. The number of nitrogens with zero attached hydrogens (tertiary/aromatic N) is 2. The van der Waals surface area contributed by atoms with Gasteiger partial charge < -0.3 is 14.8 Å². The Hall–Kier alpha value is -3.13. The number of nitriles is 1. The van der Waals surface area contributed by atoms with Gasteiger partial charge in [-0.05, 0) is 71.5 Å². The van der Waals surface area contributed by atoms with E-state index in [1.807, 2.05) is 12.1 Å². The van der Waals surface area contributed by atoms with Crippen molar-refractivity contribution in [2.24, 2.45) is 0 Å². The molecule has 2 aromatic heterocycles. The van der Waals surface area contributed by atoms with Crippen LogP contribution in [0.25, 0.3) is 10.9 Å². The maximum absolute atomic E-state index is 14.4. The number of aryl methyl sites for hydroxylation is 1. The van der Waals surface area contributed by atoms with Gasteiger partial charge in [0.2, 0.25) is 0 Å². The van der Waals surface area contributed by atoms with Crippen LogP contribution >= 0.6 is 30.0 Å². The van der Waals surface area contributed by atoms with Crippen LogP contribution < -0.4 is 15.9 Å². The van der Waals surface area contributed by atoms with E-state index in [0.717, 1.165) is 16.0 Å². The summed E-state index contributed by atoms with van der Waals surface area (Å²) in [5, 5.41) is 12.7. The van der Waals surface area contributed by atoms with E-state index in [-0.39, 0.29) is 21.9 Å². The van der Waals surface area contributed by atoms with Gasteiger partial charge in [0.15, 0.2) is 0 Å². The Bertz CT molecular complexity index is 1540. The van der Waals surface area contributed by atoms with Crippen molar-refractivity contribution in [1.82, 2.24) is 15.3 Å². The van der Waals surface area contributed by atoms with Crippen molar-refractivity contribution in [2.45, 2.75) is 13.5 Å². The Morgan fingerprint density at radius 3 is 2.60 bits per heavy atom. The van der Waals surface area contributed by atoms with E-state index >= 15 is 0 Å². The first-order valence-corrected chi connectivity index (χ1v) is 12.9. The van der Waals surface area contributed by atoms with Gasteiger partial charge in [0.25, 0.3) is 13.3 Å². The van der Waals surface area contributed by atoms with Gasteiger partial charge in [0.05, 0.1) is 29.3 Å². The predicted octanol–water partition coefficient (Wildman–Crippen LogP) is 4.43. The van der Waals surface area contributed by atoms with Crippen molar-refractivity contribution in [3.05, 3.63) is 86.4 Å². The van der Waals surface area contributed by atoms with Crippen LogP contribution in [0.2, 0.25) is 0 Å². The molecule has 35 heavy (non-hydrogen) atoms. The number of aromatic nitrogens is 2. The van der Waals surface area contributed by atoms with E-state index in [1.165, 1.54) is 13.2 Å². The van der Waals surface area contributed by atoms with Crippen molar-refractivity contribution in [1.29, 1.82) is 5.26 Å². The smallest absolute Gasteiger partial charge is 0.268 e. The van der Waals surface area contributed by atoms with Crippen molar-refractivity contribution >= 4 is 57.4 Å². The molecule has 7 nitrogen and oxygen atoms in total. The average Bonchev–Trinajstić information content (AvgIpc) is 3.22. The minimum atomic E-state index is -3.90. The molecule has 0 aliphatic rings. The molecule has 0 saturated carbocycles. The minimum absolute atomic E-state index is 0.0675. The van der Waals surface area contributed by atoms with E-state index < -0.39 is 31.5 Å².